The minimum atomic E-state index is -4.76. The Kier molecular flexibility index (Phi) is 37.0. The summed E-state index contributed by atoms with van der Waals surface area (Å²) in [5, 5.41) is 27.9. The van der Waals surface area contributed by atoms with Crippen molar-refractivity contribution in [3.63, 3.8) is 0 Å². The van der Waals surface area contributed by atoms with E-state index >= 15 is 0 Å². The largest absolute Gasteiger partial charge is 0.573 e. The Morgan fingerprint density at radius 3 is 1.18 bits per heavy atom. The average molecular weight is 1640 g/mol. The van der Waals surface area contributed by atoms with Gasteiger partial charge in [0.25, 0.3) is 11.8 Å². The molecule has 2 fully saturated rings. The molecule has 2 aromatic heterocycles. The van der Waals surface area contributed by atoms with E-state index in [-0.39, 0.29) is 133 Å². The van der Waals surface area contributed by atoms with Crippen molar-refractivity contribution in [2.75, 3.05) is 50.3 Å². The van der Waals surface area contributed by atoms with Gasteiger partial charge in [0.1, 0.15) is 62.3 Å². The Labute approximate surface area is 633 Å². The first-order valence-corrected chi connectivity index (χ1v) is 36.9. The Morgan fingerprint density at radius 1 is 0.491 bits per heavy atom. The van der Waals surface area contributed by atoms with E-state index in [0.29, 0.717) is 55.8 Å². The maximum atomic E-state index is 14.2. The second-order valence-corrected chi connectivity index (χ2v) is 27.1. The predicted molar refractivity (Wildman–Crippen MR) is 387 cm³/mol. The van der Waals surface area contributed by atoms with Crippen molar-refractivity contribution in [2.45, 2.75) is 149 Å². The summed E-state index contributed by atoms with van der Waals surface area (Å²) in [4.78, 5) is 70.6. The molecule has 106 heavy (non-hydrogen) atoms. The molecule has 7 aromatic rings. The lowest BCUT2D eigenvalue weighted by Crippen LogP contribution is -2.41. The van der Waals surface area contributed by atoms with Crippen LogP contribution in [-0.2, 0) is 48.4 Å². The van der Waals surface area contributed by atoms with Gasteiger partial charge in [-0.15, -0.1) is 26.3 Å². The van der Waals surface area contributed by atoms with Gasteiger partial charge >= 0.3 is 42.6 Å². The van der Waals surface area contributed by atoms with E-state index < -0.39 is 36.2 Å². The maximum absolute atomic E-state index is 14.2. The number of benzene rings is 5. The number of hydrogen-bond donors (Lipinski definition) is 2. The van der Waals surface area contributed by atoms with Crippen LogP contribution < -0.4 is 18.9 Å². The SMILES string of the molecule is CC(C)C(=O)Cl.CC(C)C(=O)OCCBr.CC(C)C(=O)OCCOC(=O)c1[nH]nnc1OC1CCC(c2ccc(OC(F)(F)F)cc2)CC1.CC(C)C(=O)OCCOC(=O)c1c(OC2CCC(c3ccc(OC(F)(F)F)cc3)CC2)nnn1C(c1ccccc1)(c1ccccc1)c1ccccc1.OCCBr. The third-order valence-corrected chi connectivity index (χ3v) is 17.0. The Morgan fingerprint density at radius 2 is 0.840 bits per heavy atom. The van der Waals surface area contributed by atoms with Gasteiger partial charge in [0, 0.05) is 16.6 Å². The molecule has 578 valence electrons. The predicted octanol–water partition coefficient (Wildman–Crippen LogP) is 16.0. The Hall–Kier alpha value is -8.61. The molecule has 0 amide bonds. The smallest absolute Gasteiger partial charge is 0.472 e. The monoisotopic (exact) mass is 1640 g/mol. The molecule has 2 N–H and O–H groups in total. The molecule has 0 saturated heterocycles. The number of aliphatic hydroxyl groups excluding tert-OH is 1. The van der Waals surface area contributed by atoms with Crippen LogP contribution in [0.15, 0.2) is 140 Å². The van der Waals surface area contributed by atoms with Gasteiger partial charge in [-0.3, -0.25) is 19.2 Å². The molecule has 31 heteroatoms. The van der Waals surface area contributed by atoms with Gasteiger partial charge in [0.05, 0.1) is 24.4 Å². The van der Waals surface area contributed by atoms with Crippen LogP contribution in [0.5, 0.6) is 23.3 Å². The van der Waals surface area contributed by atoms with E-state index in [1.54, 1.807) is 70.5 Å². The number of rotatable bonds is 27. The number of carbonyl (C=O) groups is 6. The standard InChI is InChI=1S/C41H40F3N3O6.C22H26F3N3O6.C6H11BrO2.C4H7ClO.C2H5BrO/c1-28(2)38(48)50-26-27-51-39(49)36-37(52-34-22-18-29(19-23-34)30-20-24-35(25-21-30)53-41(42,43)44)45-46-47(36)40(31-12-6-3-7-13-31,32-14-8-4-9-15-32)33-16-10-5-11-17-33;1-13(2)20(29)31-11-12-32-21(30)18-19(27-28-26-18)33-16-7-3-14(4-8-16)15-5-9-17(10-6-15)34-22(23,24)25;1-5(2)6(8)9-4-3-7;1-3(2)4(5)6;3-1-2-4/h3-17,20-21,24-25,28-29,34H,18-19,22-23,26-27H2,1-2H3;5-6,9-10,13-14,16H,3-4,7-8,11-12H2,1-2H3,(H,26,27,28);5H,3-4H2,1-2H3;3H,1-2H3;4H,1-2H2. The molecule has 22 nitrogen and oxygen atoms in total. The molecule has 0 unspecified atom stereocenters. The molecule has 0 bridgehead atoms. The maximum Gasteiger partial charge on any atom is 0.573 e. The minimum Gasteiger partial charge on any atom is -0.472 e. The summed E-state index contributed by atoms with van der Waals surface area (Å²) in [7, 11) is 0. The third kappa shape index (κ3) is 28.9. The first kappa shape index (κ1) is 88.0. The number of esters is 5. The number of hydrogen-bond acceptors (Lipinski definition) is 20. The zero-order chi connectivity index (χ0) is 78.0. The van der Waals surface area contributed by atoms with E-state index in [2.05, 4.69) is 67.1 Å². The van der Waals surface area contributed by atoms with Crippen LogP contribution in [0.2, 0.25) is 0 Å². The van der Waals surface area contributed by atoms with Gasteiger partial charge in [-0.2, -0.15) is 0 Å². The van der Waals surface area contributed by atoms with E-state index in [4.69, 9.17) is 49.9 Å². The quantitative estimate of drug-likeness (QED) is 0.00920. The number of aromatic nitrogens is 6. The number of carbonyl (C=O) groups excluding carboxylic acids is 6. The Balaban J connectivity index is 0.000000322. The zero-order valence-electron chi connectivity index (χ0n) is 59.9. The molecule has 2 saturated carbocycles. The van der Waals surface area contributed by atoms with Crippen molar-refractivity contribution in [1.29, 1.82) is 0 Å². The fourth-order valence-corrected chi connectivity index (χ4v) is 10.8. The van der Waals surface area contributed by atoms with Gasteiger partial charge < -0.3 is 47.7 Å². The molecular formula is C75H89Br2ClF6N6O16. The summed E-state index contributed by atoms with van der Waals surface area (Å²) in [6.07, 6.45) is -4.59. The van der Waals surface area contributed by atoms with Gasteiger partial charge in [-0.25, -0.2) is 19.4 Å². The van der Waals surface area contributed by atoms with Gasteiger partial charge in [0.2, 0.25) is 16.6 Å². The van der Waals surface area contributed by atoms with Gasteiger partial charge in [0.15, 0.2) is 0 Å². The molecule has 9 rings (SSSR count). The van der Waals surface area contributed by atoms with Crippen LogP contribution in [0.25, 0.3) is 0 Å². The molecule has 0 radical (unpaired) electrons. The van der Waals surface area contributed by atoms with Crippen LogP contribution >= 0.6 is 43.5 Å². The summed E-state index contributed by atoms with van der Waals surface area (Å²) in [5.74, 6) is -3.26. The zero-order valence-corrected chi connectivity index (χ0v) is 63.8. The highest BCUT2D eigenvalue weighted by Crippen LogP contribution is 2.44. The first-order chi connectivity index (χ1) is 50.4. The molecule has 2 aliphatic rings. The number of halogens is 9. The Bertz CT molecular complexity index is 3670. The van der Waals surface area contributed by atoms with E-state index in [1.165, 1.54) is 24.3 Å². The number of nitrogens with one attached hydrogen (secondary N) is 1. The molecule has 2 heterocycles. The third-order valence-electron chi connectivity index (χ3n) is 15.9. The summed E-state index contributed by atoms with van der Waals surface area (Å²) >= 11 is 11.1. The minimum absolute atomic E-state index is 0.00144. The van der Waals surface area contributed by atoms with Crippen LogP contribution in [0, 0.1) is 23.7 Å². The molecule has 0 spiro atoms. The number of H-pyrrole nitrogens is 1. The number of nitrogens with zero attached hydrogens (tertiary/aromatic N) is 5. The van der Waals surface area contributed by atoms with Crippen molar-refractivity contribution >= 4 is 78.5 Å². The fourth-order valence-electron chi connectivity index (χ4n) is 10.7. The highest BCUT2D eigenvalue weighted by molar-refractivity contribution is 9.09. The molecule has 0 aliphatic heterocycles. The molecule has 5 aromatic carbocycles. The van der Waals surface area contributed by atoms with E-state index in [0.717, 1.165) is 40.7 Å². The second kappa shape index (κ2) is 44.5. The van der Waals surface area contributed by atoms with Crippen LogP contribution in [0.1, 0.15) is 167 Å². The number of ether oxygens (including phenoxy) is 9. The number of alkyl halides is 8. The highest BCUT2D eigenvalue weighted by Gasteiger charge is 2.45. The van der Waals surface area contributed by atoms with Crippen LogP contribution in [0.4, 0.5) is 26.3 Å². The summed E-state index contributed by atoms with van der Waals surface area (Å²) in [6, 6.07) is 40.9. The van der Waals surface area contributed by atoms with Crippen LogP contribution in [-0.4, -0.2) is 146 Å². The topological polar surface area (TPSA) is 278 Å². The highest BCUT2D eigenvalue weighted by atomic mass is 79.9. The lowest BCUT2D eigenvalue weighted by atomic mass is 9.77. The second-order valence-electron chi connectivity index (χ2n) is 25.2. The normalized spacial score (nSPS) is 15.6. The number of aliphatic hydroxyl groups is 1. The summed E-state index contributed by atoms with van der Waals surface area (Å²) in [6.45, 7) is 14.2. The van der Waals surface area contributed by atoms with Crippen molar-refractivity contribution in [3.05, 3.63) is 179 Å². The summed E-state index contributed by atoms with van der Waals surface area (Å²) in [5.41, 5.74) is 3.01. The molecular weight excluding hydrogens is 1550 g/mol. The lowest BCUT2D eigenvalue weighted by molar-refractivity contribution is -0.275. The average Bonchev–Trinajstić information content (AvgIpc) is 1.37. The molecule has 2 aliphatic carbocycles. The molecule has 0 atom stereocenters. The number of aromatic amines is 1. The van der Waals surface area contributed by atoms with Crippen molar-refractivity contribution in [1.82, 2.24) is 30.4 Å². The first-order valence-electron chi connectivity index (χ1n) is 34.3. The fraction of sp³-hybridized carbons (Fsp3) is 0.467. The van der Waals surface area contributed by atoms with Crippen molar-refractivity contribution in [2.24, 2.45) is 23.7 Å². The summed E-state index contributed by atoms with van der Waals surface area (Å²) < 4.78 is 123. The van der Waals surface area contributed by atoms with Crippen molar-refractivity contribution in [3.8, 4) is 23.3 Å². The van der Waals surface area contributed by atoms with E-state index in [9.17, 15) is 55.1 Å². The lowest BCUT2D eigenvalue weighted by Gasteiger charge is -2.36. The van der Waals surface area contributed by atoms with Crippen molar-refractivity contribution < 1.29 is 103 Å². The van der Waals surface area contributed by atoms with Gasteiger partial charge in [-0.1, -0.05) is 223 Å². The van der Waals surface area contributed by atoms with Gasteiger partial charge in [-0.05, 0) is 127 Å². The van der Waals surface area contributed by atoms with Crippen LogP contribution in [0.3, 0.4) is 0 Å². The van der Waals surface area contributed by atoms with E-state index in [1.807, 2.05) is 105 Å².